The van der Waals surface area contributed by atoms with Crippen molar-refractivity contribution in [2.75, 3.05) is 0 Å². The van der Waals surface area contributed by atoms with Crippen LogP contribution in [-0.4, -0.2) is 36.2 Å². The van der Waals surface area contributed by atoms with Crippen molar-refractivity contribution in [3.8, 4) is 22.6 Å². The monoisotopic (exact) mass is 766 g/mol. The summed E-state index contributed by atoms with van der Waals surface area (Å²) >= 11 is 0. The van der Waals surface area contributed by atoms with Crippen molar-refractivity contribution in [3.05, 3.63) is 107 Å². The smallest absolute Gasteiger partial charge is 0.296 e. The first kappa shape index (κ1) is 38.2. The second kappa shape index (κ2) is 15.1. The molecule has 0 saturated carbocycles. The molecule has 0 aliphatic rings. The summed E-state index contributed by atoms with van der Waals surface area (Å²) in [4.78, 5) is -1.12. The molecule has 0 atom stereocenters. The SMILES string of the molecule is CCc1cc(-c2cc(CC)c(N=Nc3c(S(=O)(=O)O)cc4ccccc4c3O)c(CC)c2)cc(CC)c1N=Nc1c(S(=O)(=O)O)cc2ccccc2c1O. The molecule has 0 aliphatic carbocycles. The highest BCUT2D eigenvalue weighted by atomic mass is 32.2. The first-order chi connectivity index (χ1) is 25.7. The van der Waals surface area contributed by atoms with Crippen molar-refractivity contribution >= 4 is 64.5 Å². The van der Waals surface area contributed by atoms with Gasteiger partial charge in [0.2, 0.25) is 0 Å². The molecule has 0 heterocycles. The molecule has 54 heavy (non-hydrogen) atoms. The van der Waals surface area contributed by atoms with E-state index in [2.05, 4.69) is 20.5 Å². The Morgan fingerprint density at radius 3 is 1.06 bits per heavy atom. The van der Waals surface area contributed by atoms with Gasteiger partial charge in [0.25, 0.3) is 20.2 Å². The molecule has 6 aromatic rings. The van der Waals surface area contributed by atoms with Crippen molar-refractivity contribution < 1.29 is 36.2 Å². The predicted octanol–water partition coefficient (Wildman–Crippen LogP) is 10.6. The molecule has 0 spiro atoms. The number of azo groups is 2. The number of rotatable bonds is 11. The van der Waals surface area contributed by atoms with Gasteiger partial charge in [-0.05, 0) is 106 Å². The lowest BCUT2D eigenvalue weighted by atomic mass is 9.92. The van der Waals surface area contributed by atoms with Crippen molar-refractivity contribution in [3.63, 3.8) is 0 Å². The second-order valence-corrected chi connectivity index (χ2v) is 15.4. The van der Waals surface area contributed by atoms with Crippen LogP contribution in [0, 0.1) is 0 Å². The van der Waals surface area contributed by atoms with Gasteiger partial charge in [-0.25, -0.2) is 0 Å². The highest BCUT2D eigenvalue weighted by Crippen LogP contribution is 2.44. The number of benzene rings is 6. The van der Waals surface area contributed by atoms with Crippen LogP contribution in [0.25, 0.3) is 32.7 Å². The van der Waals surface area contributed by atoms with E-state index in [1.54, 1.807) is 48.5 Å². The van der Waals surface area contributed by atoms with E-state index in [1.807, 2.05) is 52.0 Å². The number of aryl methyl sites for hydroxylation is 4. The molecular formula is C40H38N4O8S2. The minimum Gasteiger partial charge on any atom is -0.505 e. The Bertz CT molecular complexity index is 2510. The fraction of sp³-hybridized carbons (Fsp3) is 0.200. The fourth-order valence-electron chi connectivity index (χ4n) is 6.56. The lowest BCUT2D eigenvalue weighted by Crippen LogP contribution is -1.99. The van der Waals surface area contributed by atoms with E-state index < -0.39 is 41.5 Å². The van der Waals surface area contributed by atoms with Crippen LogP contribution in [0.15, 0.2) is 115 Å². The number of phenolic OH excluding ortho intramolecular Hbond substituents is 2. The molecule has 6 rings (SSSR count). The van der Waals surface area contributed by atoms with Crippen molar-refractivity contribution in [1.82, 2.24) is 0 Å². The van der Waals surface area contributed by atoms with E-state index >= 15 is 0 Å². The molecule has 0 saturated heterocycles. The van der Waals surface area contributed by atoms with Crippen LogP contribution in [0.4, 0.5) is 22.7 Å². The summed E-state index contributed by atoms with van der Waals surface area (Å²) in [5.74, 6) is -0.836. The van der Waals surface area contributed by atoms with Crippen LogP contribution < -0.4 is 0 Å². The Morgan fingerprint density at radius 1 is 0.463 bits per heavy atom. The fourth-order valence-corrected chi connectivity index (χ4v) is 7.88. The van der Waals surface area contributed by atoms with Crippen molar-refractivity contribution in [1.29, 1.82) is 0 Å². The van der Waals surface area contributed by atoms with Gasteiger partial charge < -0.3 is 10.2 Å². The Balaban J connectivity index is 1.45. The molecular weight excluding hydrogens is 729 g/mol. The zero-order valence-electron chi connectivity index (χ0n) is 29.9. The number of aromatic hydroxyl groups is 2. The Kier molecular flexibility index (Phi) is 10.7. The van der Waals surface area contributed by atoms with E-state index in [-0.39, 0.29) is 11.4 Å². The van der Waals surface area contributed by atoms with Crippen LogP contribution >= 0.6 is 0 Å². The van der Waals surface area contributed by atoms with E-state index in [0.29, 0.717) is 58.6 Å². The molecule has 14 heteroatoms. The molecule has 0 unspecified atom stereocenters. The molecule has 0 amide bonds. The van der Waals surface area contributed by atoms with Crippen LogP contribution in [0.5, 0.6) is 11.5 Å². The zero-order chi connectivity index (χ0) is 38.9. The number of hydrogen-bond acceptors (Lipinski definition) is 10. The average molecular weight is 767 g/mol. The Morgan fingerprint density at radius 2 is 0.759 bits per heavy atom. The molecule has 6 aromatic carbocycles. The van der Waals surface area contributed by atoms with Gasteiger partial charge in [-0.1, -0.05) is 76.2 Å². The molecule has 0 fully saturated rings. The van der Waals surface area contributed by atoms with Gasteiger partial charge in [0.05, 0.1) is 11.4 Å². The third kappa shape index (κ3) is 7.33. The molecule has 278 valence electrons. The second-order valence-electron chi connectivity index (χ2n) is 12.6. The number of nitrogens with zero attached hydrogens (tertiary/aromatic N) is 4. The highest BCUT2D eigenvalue weighted by molar-refractivity contribution is 7.86. The summed E-state index contributed by atoms with van der Waals surface area (Å²) < 4.78 is 69.4. The van der Waals surface area contributed by atoms with Gasteiger partial charge in [0.1, 0.15) is 21.2 Å². The minimum atomic E-state index is -4.76. The summed E-state index contributed by atoms with van der Waals surface area (Å²) in [7, 11) is -9.52. The highest BCUT2D eigenvalue weighted by Gasteiger charge is 2.24. The lowest BCUT2D eigenvalue weighted by Gasteiger charge is -2.16. The molecule has 0 bridgehead atoms. The average Bonchev–Trinajstić information content (AvgIpc) is 3.15. The minimum absolute atomic E-state index is 0.356. The third-order valence-corrected chi connectivity index (χ3v) is 11.1. The topological polar surface area (TPSA) is 199 Å². The van der Waals surface area contributed by atoms with E-state index in [1.165, 1.54) is 12.1 Å². The molecule has 0 radical (unpaired) electrons. The molecule has 4 N–H and O–H groups in total. The molecule has 12 nitrogen and oxygen atoms in total. The molecule has 0 aromatic heterocycles. The predicted molar refractivity (Wildman–Crippen MR) is 209 cm³/mol. The largest absolute Gasteiger partial charge is 0.505 e. The van der Waals surface area contributed by atoms with Gasteiger partial charge >= 0.3 is 0 Å². The maximum atomic E-state index is 12.4. The quantitative estimate of drug-likeness (QED) is 0.0737. The van der Waals surface area contributed by atoms with Crippen LogP contribution in [0.1, 0.15) is 49.9 Å². The van der Waals surface area contributed by atoms with E-state index in [4.69, 9.17) is 0 Å². The van der Waals surface area contributed by atoms with Crippen molar-refractivity contribution in [2.45, 2.75) is 63.2 Å². The zero-order valence-corrected chi connectivity index (χ0v) is 31.6. The summed E-state index contributed by atoms with van der Waals surface area (Å²) in [5.41, 5.74) is 5.30. The number of phenols is 2. The maximum absolute atomic E-state index is 12.4. The third-order valence-electron chi connectivity index (χ3n) is 9.37. The van der Waals surface area contributed by atoms with Gasteiger partial charge in [-0.2, -0.15) is 16.8 Å². The summed E-state index contributed by atoms with van der Waals surface area (Å²) in [6.07, 6.45) is 2.18. The van der Waals surface area contributed by atoms with Gasteiger partial charge in [0, 0.05) is 10.8 Å². The first-order valence-corrected chi connectivity index (χ1v) is 20.2. The van der Waals surface area contributed by atoms with E-state index in [0.717, 1.165) is 33.4 Å². The normalized spacial score (nSPS) is 12.5. The van der Waals surface area contributed by atoms with Gasteiger partial charge in [-0.3, -0.25) is 9.11 Å². The lowest BCUT2D eigenvalue weighted by molar-refractivity contribution is 0.471. The summed E-state index contributed by atoms with van der Waals surface area (Å²) in [6.45, 7) is 7.82. The Labute approximate surface area is 313 Å². The standard InChI is InChI=1S/C40H38N4O8S2/c1-5-23-17-29(18-24(6-2)35(23)41-43-37-33(53(47,48)49)21-27-13-9-11-15-31(27)39(37)45)30-19-25(7-3)36(26(8-4)20-30)42-44-38-34(54(50,51)52)22-28-14-10-12-16-32(28)40(38)46/h9-22,45-46H,5-8H2,1-4H3,(H,47,48,49)(H,50,51,52). The van der Waals surface area contributed by atoms with Crippen molar-refractivity contribution in [2.24, 2.45) is 20.5 Å². The van der Waals surface area contributed by atoms with Crippen LogP contribution in [0.2, 0.25) is 0 Å². The van der Waals surface area contributed by atoms with Gasteiger partial charge in [0.15, 0.2) is 11.5 Å². The van der Waals surface area contributed by atoms with Crippen LogP contribution in [0.3, 0.4) is 0 Å². The summed E-state index contributed by atoms with van der Waals surface area (Å²) in [5, 5.41) is 41.0. The van der Waals surface area contributed by atoms with Crippen LogP contribution in [-0.2, 0) is 45.9 Å². The summed E-state index contributed by atoms with van der Waals surface area (Å²) in [6, 6.07) is 23.6. The number of hydrogen-bond donors (Lipinski definition) is 4. The maximum Gasteiger partial charge on any atom is 0.296 e. The first-order valence-electron chi connectivity index (χ1n) is 17.3. The van der Waals surface area contributed by atoms with Gasteiger partial charge in [-0.15, -0.1) is 20.5 Å². The Hall–Kier alpha value is -5.54. The number of fused-ring (bicyclic) bond motifs is 2. The van der Waals surface area contributed by atoms with E-state index in [9.17, 15) is 36.2 Å². The molecule has 0 aliphatic heterocycles.